The SMILES string of the molecule is Cc1cnc2c(Cc3ccc(F)c([C@]4(C)CS(=O)(=O)C5(CC(F)(F)C5)C(N)=N4)c3)nccc2n1. The third kappa shape index (κ3) is 3.44. The number of pyridine rings is 1. The van der Waals surface area contributed by atoms with Crippen LogP contribution in [0.2, 0.25) is 0 Å². The average Bonchev–Trinajstić information content (AvgIpc) is 2.71. The molecule has 0 saturated heterocycles. The Morgan fingerprint density at radius 2 is 1.88 bits per heavy atom. The minimum Gasteiger partial charge on any atom is -0.386 e. The van der Waals surface area contributed by atoms with Crippen LogP contribution in [0.1, 0.15) is 42.3 Å². The number of fused-ring (bicyclic) bond motifs is 1. The van der Waals surface area contributed by atoms with E-state index in [2.05, 4.69) is 19.9 Å². The van der Waals surface area contributed by atoms with E-state index in [4.69, 9.17) is 5.73 Å². The van der Waals surface area contributed by atoms with Crippen LogP contribution in [0.5, 0.6) is 0 Å². The van der Waals surface area contributed by atoms with Gasteiger partial charge < -0.3 is 5.73 Å². The lowest BCUT2D eigenvalue weighted by Crippen LogP contribution is -2.68. The highest BCUT2D eigenvalue weighted by Crippen LogP contribution is 2.54. The van der Waals surface area contributed by atoms with Crippen LogP contribution in [0.25, 0.3) is 11.0 Å². The number of sulfone groups is 1. The first-order valence-electron chi connectivity index (χ1n) is 10.7. The van der Waals surface area contributed by atoms with Gasteiger partial charge in [-0.2, -0.15) is 0 Å². The molecule has 0 amide bonds. The topological polar surface area (TPSA) is 111 Å². The van der Waals surface area contributed by atoms with Crippen molar-refractivity contribution in [2.75, 3.05) is 5.75 Å². The number of hydrogen-bond acceptors (Lipinski definition) is 7. The Labute approximate surface area is 194 Å². The van der Waals surface area contributed by atoms with Gasteiger partial charge in [0.1, 0.15) is 27.5 Å². The monoisotopic (exact) mass is 489 g/mol. The summed E-state index contributed by atoms with van der Waals surface area (Å²) in [6.45, 7) is 3.28. The smallest absolute Gasteiger partial charge is 0.252 e. The van der Waals surface area contributed by atoms with Gasteiger partial charge in [-0.25, -0.2) is 26.6 Å². The zero-order chi connectivity index (χ0) is 24.5. The third-order valence-electron chi connectivity index (χ3n) is 6.63. The molecule has 7 nitrogen and oxygen atoms in total. The summed E-state index contributed by atoms with van der Waals surface area (Å²) in [6, 6.07) is 6.08. The van der Waals surface area contributed by atoms with Crippen molar-refractivity contribution < 1.29 is 21.6 Å². The van der Waals surface area contributed by atoms with Crippen LogP contribution < -0.4 is 5.73 Å². The number of nitrogens with zero attached hydrogens (tertiary/aromatic N) is 4. The number of alkyl halides is 2. The molecule has 1 fully saturated rings. The molecule has 2 aromatic heterocycles. The molecule has 1 atom stereocenters. The Hall–Kier alpha value is -3.08. The highest BCUT2D eigenvalue weighted by atomic mass is 32.2. The summed E-state index contributed by atoms with van der Waals surface area (Å²) in [4.78, 5) is 17.5. The molecule has 1 aliphatic carbocycles. The minimum absolute atomic E-state index is 0.0274. The molecular weight excluding hydrogens is 467 g/mol. The Balaban J connectivity index is 1.54. The number of halogens is 3. The van der Waals surface area contributed by atoms with Gasteiger partial charge in [0, 0.05) is 37.2 Å². The van der Waals surface area contributed by atoms with Crippen LogP contribution in [0.4, 0.5) is 13.2 Å². The van der Waals surface area contributed by atoms with Crippen molar-refractivity contribution in [2.24, 2.45) is 10.7 Å². The molecule has 0 bridgehead atoms. The summed E-state index contributed by atoms with van der Waals surface area (Å²) in [6.07, 6.45) is 1.74. The quantitative estimate of drug-likeness (QED) is 0.605. The largest absolute Gasteiger partial charge is 0.386 e. The summed E-state index contributed by atoms with van der Waals surface area (Å²) in [5, 5.41) is 0. The summed E-state index contributed by atoms with van der Waals surface area (Å²) in [5.74, 6) is -4.78. The molecule has 1 aliphatic heterocycles. The second-order valence-electron chi connectivity index (χ2n) is 9.36. The number of hydrogen-bond donors (Lipinski definition) is 1. The maximum absolute atomic E-state index is 15.0. The molecule has 2 aliphatic rings. The Morgan fingerprint density at radius 1 is 1.15 bits per heavy atom. The van der Waals surface area contributed by atoms with Crippen LogP contribution >= 0.6 is 0 Å². The zero-order valence-corrected chi connectivity index (χ0v) is 19.3. The number of benzene rings is 1. The molecule has 34 heavy (non-hydrogen) atoms. The fourth-order valence-corrected chi connectivity index (χ4v) is 7.36. The van der Waals surface area contributed by atoms with Gasteiger partial charge in [0.25, 0.3) is 5.92 Å². The molecule has 1 aromatic carbocycles. The summed E-state index contributed by atoms with van der Waals surface area (Å²) >= 11 is 0. The molecule has 5 rings (SSSR count). The van der Waals surface area contributed by atoms with Crippen molar-refractivity contribution in [3.8, 4) is 0 Å². The number of nitrogens with two attached hydrogens (primary N) is 1. The first-order chi connectivity index (χ1) is 15.8. The zero-order valence-electron chi connectivity index (χ0n) is 18.5. The van der Waals surface area contributed by atoms with E-state index in [1.807, 2.05) is 6.92 Å². The van der Waals surface area contributed by atoms with Gasteiger partial charge >= 0.3 is 0 Å². The molecule has 3 heterocycles. The van der Waals surface area contributed by atoms with Crippen molar-refractivity contribution in [3.05, 3.63) is 65.0 Å². The van der Waals surface area contributed by atoms with Gasteiger partial charge in [-0.15, -0.1) is 0 Å². The second-order valence-corrected chi connectivity index (χ2v) is 11.7. The summed E-state index contributed by atoms with van der Waals surface area (Å²) in [7, 11) is -4.12. The van der Waals surface area contributed by atoms with Crippen molar-refractivity contribution in [3.63, 3.8) is 0 Å². The number of rotatable bonds is 3. The summed E-state index contributed by atoms with van der Waals surface area (Å²) in [5.41, 5.74) is 7.77. The molecule has 0 radical (unpaired) electrons. The lowest BCUT2D eigenvalue weighted by Gasteiger charge is -2.50. The molecule has 1 saturated carbocycles. The van der Waals surface area contributed by atoms with Gasteiger partial charge in [-0.05, 0) is 31.5 Å². The fraction of sp³-hybridized carbons (Fsp3) is 0.391. The predicted molar refractivity (Wildman–Crippen MR) is 121 cm³/mol. The van der Waals surface area contributed by atoms with Crippen LogP contribution in [0.15, 0.2) is 41.7 Å². The lowest BCUT2D eigenvalue weighted by atomic mass is 9.78. The van der Waals surface area contributed by atoms with Crippen molar-refractivity contribution in [1.82, 2.24) is 15.0 Å². The van der Waals surface area contributed by atoms with Gasteiger partial charge in [0.2, 0.25) is 0 Å². The van der Waals surface area contributed by atoms with E-state index < -0.39 is 56.3 Å². The normalized spacial score (nSPS) is 24.6. The van der Waals surface area contributed by atoms with Crippen molar-refractivity contribution in [2.45, 2.75) is 49.3 Å². The first-order valence-corrected chi connectivity index (χ1v) is 12.3. The molecule has 11 heteroatoms. The Morgan fingerprint density at radius 3 is 2.56 bits per heavy atom. The molecule has 1 spiro atoms. The van der Waals surface area contributed by atoms with E-state index in [0.717, 1.165) is 5.69 Å². The van der Waals surface area contributed by atoms with Gasteiger partial charge in [-0.1, -0.05) is 12.1 Å². The van der Waals surface area contributed by atoms with Crippen LogP contribution in [0, 0.1) is 12.7 Å². The van der Waals surface area contributed by atoms with Gasteiger partial charge in [0.15, 0.2) is 9.84 Å². The molecule has 0 unspecified atom stereocenters. The predicted octanol–water partition coefficient (Wildman–Crippen LogP) is 3.23. The van der Waals surface area contributed by atoms with E-state index in [1.54, 1.807) is 24.5 Å². The standard InChI is InChI=1S/C23H22F3N5O2S/c1-13-9-29-19-17(30-13)5-6-28-18(19)8-14-3-4-16(24)15(7-14)21(2)12-34(32,33)22(20(27)31-21)10-23(25,26)11-22/h3-7,9H,8,10-12H2,1-2H3,(H2,27,31)/t21-/m0/s1. The maximum Gasteiger partial charge on any atom is 0.252 e. The second kappa shape index (κ2) is 7.21. The van der Waals surface area contributed by atoms with Crippen LogP contribution in [0.3, 0.4) is 0 Å². The lowest BCUT2D eigenvalue weighted by molar-refractivity contribution is -0.0828. The van der Waals surface area contributed by atoms with E-state index in [0.29, 0.717) is 28.7 Å². The highest BCUT2D eigenvalue weighted by molar-refractivity contribution is 7.93. The molecular formula is C23H22F3N5O2S. The molecule has 2 N–H and O–H groups in total. The van der Waals surface area contributed by atoms with Gasteiger partial charge in [-0.3, -0.25) is 15.0 Å². The van der Waals surface area contributed by atoms with Crippen LogP contribution in [-0.4, -0.2) is 45.6 Å². The fourth-order valence-electron chi connectivity index (χ4n) is 4.90. The highest BCUT2D eigenvalue weighted by Gasteiger charge is 2.68. The number of amidine groups is 1. The molecule has 178 valence electrons. The van der Waals surface area contributed by atoms with E-state index in [9.17, 15) is 21.6 Å². The van der Waals surface area contributed by atoms with Crippen molar-refractivity contribution >= 4 is 26.7 Å². The third-order valence-corrected chi connectivity index (χ3v) is 9.26. The Bertz CT molecular complexity index is 1470. The number of aliphatic imine (C=N–C) groups is 1. The maximum atomic E-state index is 15.0. The minimum atomic E-state index is -4.12. The first kappa shape index (κ1) is 22.7. The average molecular weight is 490 g/mol. The summed E-state index contributed by atoms with van der Waals surface area (Å²) < 4.78 is 66.5. The molecule has 3 aromatic rings. The van der Waals surface area contributed by atoms with E-state index in [1.165, 1.54) is 19.1 Å². The van der Waals surface area contributed by atoms with E-state index >= 15 is 0 Å². The Kier molecular flexibility index (Phi) is 4.81. The van der Waals surface area contributed by atoms with E-state index in [-0.39, 0.29) is 5.56 Å². The van der Waals surface area contributed by atoms with Crippen molar-refractivity contribution in [1.29, 1.82) is 0 Å². The van der Waals surface area contributed by atoms with Crippen LogP contribution in [-0.2, 0) is 21.8 Å². The number of aryl methyl sites for hydroxylation is 1. The number of aromatic nitrogens is 3. The van der Waals surface area contributed by atoms with Gasteiger partial charge in [0.05, 0.1) is 22.7 Å².